The molecule has 0 aliphatic rings. The van der Waals surface area contributed by atoms with Crippen LogP contribution in [0.5, 0.6) is 0 Å². The average Bonchev–Trinajstić information content (AvgIpc) is 2.35. The molecule has 1 N–H and O–H groups in total. The highest BCUT2D eigenvalue weighted by Gasteiger charge is 2.29. The van der Waals surface area contributed by atoms with Crippen molar-refractivity contribution in [1.29, 1.82) is 0 Å². The van der Waals surface area contributed by atoms with Crippen molar-refractivity contribution < 1.29 is 18.3 Å². The Hall–Kier alpha value is -0.130. The molecule has 4 nitrogen and oxygen atoms in total. The zero-order valence-electron chi connectivity index (χ0n) is 15.2. The molecule has 0 atom stereocenters. The van der Waals surface area contributed by atoms with Gasteiger partial charge in [-0.1, -0.05) is 20.3 Å². The third-order valence-corrected chi connectivity index (χ3v) is 6.71. The van der Waals surface area contributed by atoms with Crippen LogP contribution < -0.4 is 0 Å². The lowest BCUT2D eigenvalue weighted by molar-refractivity contribution is 0.120. The van der Waals surface area contributed by atoms with Crippen molar-refractivity contribution in [1.82, 2.24) is 0 Å². The molecule has 0 aromatic carbocycles. The van der Waals surface area contributed by atoms with Crippen LogP contribution >= 0.6 is 0 Å². The van der Waals surface area contributed by atoms with E-state index in [0.717, 1.165) is 45.1 Å². The molecule has 0 bridgehead atoms. The van der Waals surface area contributed by atoms with Crippen molar-refractivity contribution in [3.8, 4) is 0 Å². The van der Waals surface area contributed by atoms with Crippen LogP contribution in [0.15, 0.2) is 0 Å². The molecule has 0 unspecified atom stereocenters. The summed E-state index contributed by atoms with van der Waals surface area (Å²) in [4.78, 5) is 0. The van der Waals surface area contributed by atoms with Gasteiger partial charge in [-0.05, 0) is 57.8 Å². The summed E-state index contributed by atoms with van der Waals surface area (Å²) in [6.07, 6.45) is 7.91. The first-order chi connectivity index (χ1) is 10.0. The predicted octanol–water partition coefficient (Wildman–Crippen LogP) is 3.58. The second kappa shape index (κ2) is 9.89. The summed E-state index contributed by atoms with van der Waals surface area (Å²) in [5, 5.41) is 8.97. The van der Waals surface area contributed by atoms with Gasteiger partial charge in [0.1, 0.15) is 0 Å². The number of hydrogen-bond donors (Lipinski definition) is 1. The zero-order chi connectivity index (χ0) is 17.3. The number of aliphatic hydroxyl groups is 1. The van der Waals surface area contributed by atoms with Crippen molar-refractivity contribution in [2.24, 2.45) is 5.41 Å². The first-order valence-electron chi connectivity index (χ1n) is 8.40. The molecule has 0 aliphatic carbocycles. The smallest absolute Gasteiger partial charge is 0.152 e. The Kier molecular flexibility index (Phi) is 9.83. The molecule has 0 aromatic heterocycles. The molecule has 0 saturated heterocycles. The molecule has 5 heteroatoms. The van der Waals surface area contributed by atoms with Crippen molar-refractivity contribution in [3.63, 3.8) is 0 Å². The molecule has 22 heavy (non-hydrogen) atoms. The molecule has 0 aromatic rings. The van der Waals surface area contributed by atoms with Gasteiger partial charge >= 0.3 is 0 Å². The Bertz CT molecular complexity index is 385. The lowest BCUT2D eigenvalue weighted by atomic mass is 9.84. The molecular weight excluding hydrogens is 300 g/mol. The second-order valence-electron chi connectivity index (χ2n) is 7.70. The van der Waals surface area contributed by atoms with Crippen molar-refractivity contribution in [2.75, 3.05) is 26.1 Å². The Morgan fingerprint density at radius 1 is 0.864 bits per heavy atom. The Labute approximate surface area is 137 Å². The van der Waals surface area contributed by atoms with E-state index in [-0.39, 0.29) is 12.0 Å². The van der Waals surface area contributed by atoms with E-state index in [4.69, 9.17) is 9.84 Å². The summed E-state index contributed by atoms with van der Waals surface area (Å²) in [5.41, 5.74) is 0.214. The molecule has 0 amide bonds. The third-order valence-electron chi connectivity index (χ3n) is 4.50. The lowest BCUT2D eigenvalue weighted by Gasteiger charge is -2.23. The summed E-state index contributed by atoms with van der Waals surface area (Å²) in [7, 11) is -2.98. The average molecular weight is 337 g/mol. The van der Waals surface area contributed by atoms with E-state index in [1.54, 1.807) is 13.8 Å². The van der Waals surface area contributed by atoms with Gasteiger partial charge in [0.25, 0.3) is 0 Å². The molecule has 0 aliphatic heterocycles. The number of sulfone groups is 1. The van der Waals surface area contributed by atoms with Crippen molar-refractivity contribution in [2.45, 2.75) is 77.4 Å². The van der Waals surface area contributed by atoms with Gasteiger partial charge < -0.3 is 9.84 Å². The number of hydrogen-bond acceptors (Lipinski definition) is 4. The highest BCUT2D eigenvalue weighted by atomic mass is 32.2. The summed E-state index contributed by atoms with van der Waals surface area (Å²) >= 11 is 0. The second-order valence-corrected chi connectivity index (χ2v) is 10.3. The minimum atomic E-state index is -2.98. The van der Waals surface area contributed by atoms with E-state index < -0.39 is 14.6 Å². The maximum absolute atomic E-state index is 11.6. The van der Waals surface area contributed by atoms with Crippen molar-refractivity contribution >= 4 is 9.84 Å². The number of aliphatic hydroxyl groups excluding tert-OH is 1. The topological polar surface area (TPSA) is 63.6 Å². The van der Waals surface area contributed by atoms with Gasteiger partial charge in [0.05, 0.1) is 4.75 Å². The van der Waals surface area contributed by atoms with Gasteiger partial charge in [-0.3, -0.25) is 0 Å². The predicted molar refractivity (Wildman–Crippen MR) is 92.9 cm³/mol. The Morgan fingerprint density at radius 3 is 1.82 bits per heavy atom. The molecule has 0 spiro atoms. The molecule has 0 fully saturated rings. The van der Waals surface area contributed by atoms with E-state index in [1.807, 2.05) is 0 Å². The maximum Gasteiger partial charge on any atom is 0.152 e. The highest BCUT2D eigenvalue weighted by molar-refractivity contribution is 7.92. The monoisotopic (exact) mass is 336 g/mol. The number of ether oxygens (including phenoxy) is 1. The summed E-state index contributed by atoms with van der Waals surface area (Å²) in [6.45, 7) is 9.69. The third kappa shape index (κ3) is 9.80. The molecule has 0 heterocycles. The van der Waals surface area contributed by atoms with Gasteiger partial charge in [-0.2, -0.15) is 0 Å². The minimum Gasteiger partial charge on any atom is -0.396 e. The molecule has 0 radical (unpaired) electrons. The first kappa shape index (κ1) is 21.9. The van der Waals surface area contributed by atoms with E-state index >= 15 is 0 Å². The van der Waals surface area contributed by atoms with Crippen LogP contribution in [0, 0.1) is 5.41 Å². The fourth-order valence-corrected chi connectivity index (χ4v) is 2.79. The van der Waals surface area contributed by atoms with Crippen LogP contribution in [-0.2, 0) is 14.6 Å². The van der Waals surface area contributed by atoms with Crippen LogP contribution in [0.25, 0.3) is 0 Å². The summed E-state index contributed by atoms with van der Waals surface area (Å²) in [6, 6.07) is 0. The van der Waals surface area contributed by atoms with Gasteiger partial charge in [0.2, 0.25) is 0 Å². The normalized spacial score (nSPS) is 13.5. The standard InChI is InChI=1S/C17H36O4S/c1-16(2,12-13-18)10-6-8-14-21-15-9-7-11-17(3,4)22(5,19)20/h18H,6-15H2,1-5H3. The van der Waals surface area contributed by atoms with Crippen LogP contribution in [-0.4, -0.2) is 44.3 Å². The SMILES string of the molecule is CC(C)(CCO)CCCCOCCCCC(C)(C)S(C)(=O)=O. The van der Waals surface area contributed by atoms with Gasteiger partial charge in [0, 0.05) is 26.1 Å². The highest BCUT2D eigenvalue weighted by Crippen LogP contribution is 2.26. The van der Waals surface area contributed by atoms with E-state index in [2.05, 4.69) is 13.8 Å². The molecule has 134 valence electrons. The minimum absolute atomic E-state index is 0.214. The van der Waals surface area contributed by atoms with E-state index in [9.17, 15) is 8.42 Å². The Balaban J connectivity index is 3.56. The molecular formula is C17H36O4S. The number of unbranched alkanes of at least 4 members (excludes halogenated alkanes) is 2. The fraction of sp³-hybridized carbons (Fsp3) is 1.00. The maximum atomic E-state index is 11.6. The molecule has 0 saturated carbocycles. The van der Waals surface area contributed by atoms with Gasteiger partial charge in [0.15, 0.2) is 9.84 Å². The van der Waals surface area contributed by atoms with Gasteiger partial charge in [-0.25, -0.2) is 8.42 Å². The van der Waals surface area contributed by atoms with Gasteiger partial charge in [-0.15, -0.1) is 0 Å². The summed E-state index contributed by atoms with van der Waals surface area (Å²) in [5.74, 6) is 0. The quantitative estimate of drug-likeness (QED) is 0.522. The summed E-state index contributed by atoms with van der Waals surface area (Å²) < 4.78 is 28.1. The van der Waals surface area contributed by atoms with Crippen LogP contribution in [0.3, 0.4) is 0 Å². The van der Waals surface area contributed by atoms with Crippen LogP contribution in [0.1, 0.15) is 72.6 Å². The fourth-order valence-electron chi connectivity index (χ4n) is 2.28. The van der Waals surface area contributed by atoms with E-state index in [1.165, 1.54) is 6.26 Å². The van der Waals surface area contributed by atoms with E-state index in [0.29, 0.717) is 13.0 Å². The zero-order valence-corrected chi connectivity index (χ0v) is 16.0. The largest absolute Gasteiger partial charge is 0.396 e. The van der Waals surface area contributed by atoms with Crippen molar-refractivity contribution in [3.05, 3.63) is 0 Å². The lowest BCUT2D eigenvalue weighted by Crippen LogP contribution is -2.30. The first-order valence-corrected chi connectivity index (χ1v) is 10.3. The van der Waals surface area contributed by atoms with Crippen LogP contribution in [0.4, 0.5) is 0 Å². The Morgan fingerprint density at radius 2 is 1.36 bits per heavy atom. The molecule has 0 rings (SSSR count). The number of rotatable bonds is 13. The van der Waals surface area contributed by atoms with Crippen LogP contribution in [0.2, 0.25) is 0 Å².